The van der Waals surface area contributed by atoms with E-state index in [1.54, 1.807) is 0 Å². The van der Waals surface area contributed by atoms with E-state index in [1.807, 2.05) is 24.3 Å². The first-order valence-corrected chi connectivity index (χ1v) is 7.40. The number of fused-ring (bicyclic) bond motifs is 1. The highest BCUT2D eigenvalue weighted by molar-refractivity contribution is 6.44. The molecule has 0 unspecified atom stereocenters. The number of benzene rings is 2. The van der Waals surface area contributed by atoms with Crippen molar-refractivity contribution in [2.75, 3.05) is 5.32 Å². The van der Waals surface area contributed by atoms with Crippen LogP contribution in [0.1, 0.15) is 0 Å². The van der Waals surface area contributed by atoms with E-state index in [9.17, 15) is 4.79 Å². The number of aromatic nitrogens is 3. The standard InChI is InChI=1S/C14H9Cl3N4O/c15-8-5-10(17)12(6-9(8)16)18-14(22)7-21-13-4-2-1-3-11(13)19-20-21/h1-6H,7H2,(H,18,22). The van der Waals surface area contributed by atoms with E-state index in [4.69, 9.17) is 34.8 Å². The molecule has 2 aromatic carbocycles. The highest BCUT2D eigenvalue weighted by Gasteiger charge is 2.12. The number of carbonyl (C=O) groups excluding carboxylic acids is 1. The highest BCUT2D eigenvalue weighted by Crippen LogP contribution is 2.32. The zero-order valence-corrected chi connectivity index (χ0v) is 13.3. The van der Waals surface area contributed by atoms with Gasteiger partial charge in [-0.15, -0.1) is 5.10 Å². The Hall–Kier alpha value is -1.82. The molecular weight excluding hydrogens is 347 g/mol. The van der Waals surface area contributed by atoms with Crippen LogP contribution in [0.25, 0.3) is 11.0 Å². The summed E-state index contributed by atoms with van der Waals surface area (Å²) in [6.45, 7) is 0.0110. The van der Waals surface area contributed by atoms with Gasteiger partial charge in [-0.25, -0.2) is 4.68 Å². The number of anilines is 1. The molecule has 0 fully saturated rings. The fourth-order valence-corrected chi connectivity index (χ4v) is 2.57. The molecule has 22 heavy (non-hydrogen) atoms. The Morgan fingerprint density at radius 1 is 1.09 bits per heavy atom. The molecule has 5 nitrogen and oxygen atoms in total. The summed E-state index contributed by atoms with van der Waals surface area (Å²) in [7, 11) is 0. The molecule has 0 aliphatic rings. The van der Waals surface area contributed by atoms with Crippen LogP contribution >= 0.6 is 34.8 Å². The largest absolute Gasteiger partial charge is 0.323 e. The lowest BCUT2D eigenvalue weighted by molar-refractivity contribution is -0.116. The molecule has 1 amide bonds. The maximum absolute atomic E-state index is 12.1. The molecule has 8 heteroatoms. The second kappa shape index (κ2) is 6.12. The first kappa shape index (κ1) is 15.1. The molecule has 0 saturated carbocycles. The van der Waals surface area contributed by atoms with Crippen molar-refractivity contribution in [1.82, 2.24) is 15.0 Å². The van der Waals surface area contributed by atoms with E-state index in [0.29, 0.717) is 20.8 Å². The van der Waals surface area contributed by atoms with Crippen molar-refractivity contribution >= 4 is 57.4 Å². The van der Waals surface area contributed by atoms with Crippen molar-refractivity contribution in [2.45, 2.75) is 6.54 Å². The van der Waals surface area contributed by atoms with Gasteiger partial charge in [0.15, 0.2) is 0 Å². The fourth-order valence-electron chi connectivity index (χ4n) is 1.98. The molecular formula is C14H9Cl3N4O. The maximum Gasteiger partial charge on any atom is 0.246 e. The Kier molecular flexibility index (Phi) is 4.20. The Morgan fingerprint density at radius 2 is 1.82 bits per heavy atom. The van der Waals surface area contributed by atoms with Crippen LogP contribution in [0.15, 0.2) is 36.4 Å². The van der Waals surface area contributed by atoms with Crippen LogP contribution in [-0.4, -0.2) is 20.9 Å². The summed E-state index contributed by atoms with van der Waals surface area (Å²) in [5, 5.41) is 11.6. The molecule has 1 aromatic heterocycles. The van der Waals surface area contributed by atoms with E-state index >= 15 is 0 Å². The van der Waals surface area contributed by atoms with Crippen LogP contribution in [-0.2, 0) is 11.3 Å². The van der Waals surface area contributed by atoms with Gasteiger partial charge in [-0.1, -0.05) is 52.1 Å². The average molecular weight is 356 g/mol. The fraction of sp³-hybridized carbons (Fsp3) is 0.0714. The van der Waals surface area contributed by atoms with Gasteiger partial charge in [-0.2, -0.15) is 0 Å². The Balaban J connectivity index is 1.80. The summed E-state index contributed by atoms with van der Waals surface area (Å²) in [5.74, 6) is -0.295. The van der Waals surface area contributed by atoms with E-state index < -0.39 is 0 Å². The Morgan fingerprint density at radius 3 is 2.64 bits per heavy atom. The monoisotopic (exact) mass is 354 g/mol. The SMILES string of the molecule is O=C(Cn1nnc2ccccc21)Nc1cc(Cl)c(Cl)cc1Cl. The lowest BCUT2D eigenvalue weighted by Crippen LogP contribution is -2.19. The number of hydrogen-bond donors (Lipinski definition) is 1. The second-order valence-electron chi connectivity index (χ2n) is 4.53. The normalized spacial score (nSPS) is 10.9. The van der Waals surface area contributed by atoms with Crippen molar-refractivity contribution in [3.05, 3.63) is 51.5 Å². The quantitative estimate of drug-likeness (QED) is 0.722. The first-order valence-electron chi connectivity index (χ1n) is 6.27. The van der Waals surface area contributed by atoms with Gasteiger partial charge in [0, 0.05) is 0 Å². The summed E-state index contributed by atoms with van der Waals surface area (Å²) in [6, 6.07) is 10.4. The van der Waals surface area contributed by atoms with Crippen LogP contribution in [0.4, 0.5) is 5.69 Å². The van der Waals surface area contributed by atoms with Crippen molar-refractivity contribution in [3.8, 4) is 0 Å². The van der Waals surface area contributed by atoms with E-state index in [2.05, 4.69) is 15.6 Å². The zero-order valence-electron chi connectivity index (χ0n) is 11.1. The van der Waals surface area contributed by atoms with Crippen LogP contribution in [0.5, 0.6) is 0 Å². The van der Waals surface area contributed by atoms with Gasteiger partial charge in [0.25, 0.3) is 0 Å². The summed E-state index contributed by atoms with van der Waals surface area (Å²) in [5.41, 5.74) is 1.89. The van der Waals surface area contributed by atoms with Crippen molar-refractivity contribution in [2.24, 2.45) is 0 Å². The molecule has 0 atom stereocenters. The van der Waals surface area contributed by atoms with Crippen molar-refractivity contribution in [1.29, 1.82) is 0 Å². The molecule has 3 rings (SSSR count). The third-order valence-corrected chi connectivity index (χ3v) is 4.03. The molecule has 0 aliphatic carbocycles. The van der Waals surface area contributed by atoms with E-state index in [0.717, 1.165) is 11.0 Å². The van der Waals surface area contributed by atoms with Crippen molar-refractivity contribution in [3.63, 3.8) is 0 Å². The van der Waals surface area contributed by atoms with Crippen LogP contribution < -0.4 is 5.32 Å². The van der Waals surface area contributed by atoms with E-state index in [-0.39, 0.29) is 12.5 Å². The number of amides is 1. The summed E-state index contributed by atoms with van der Waals surface area (Å²) >= 11 is 17.8. The smallest absolute Gasteiger partial charge is 0.246 e. The lowest BCUT2D eigenvalue weighted by atomic mass is 10.3. The van der Waals surface area contributed by atoms with Gasteiger partial charge < -0.3 is 5.32 Å². The number of hydrogen-bond acceptors (Lipinski definition) is 3. The number of para-hydroxylation sites is 1. The van der Waals surface area contributed by atoms with Crippen LogP contribution in [0.2, 0.25) is 15.1 Å². The third-order valence-electron chi connectivity index (χ3n) is 3.00. The number of nitrogens with zero attached hydrogens (tertiary/aromatic N) is 3. The maximum atomic E-state index is 12.1. The number of halogens is 3. The summed E-state index contributed by atoms with van der Waals surface area (Å²) in [4.78, 5) is 12.1. The molecule has 0 aliphatic heterocycles. The molecule has 0 spiro atoms. The topological polar surface area (TPSA) is 59.8 Å². The highest BCUT2D eigenvalue weighted by atomic mass is 35.5. The molecule has 0 saturated heterocycles. The minimum Gasteiger partial charge on any atom is -0.323 e. The van der Waals surface area contributed by atoms with Gasteiger partial charge in [0.2, 0.25) is 5.91 Å². The number of nitrogens with one attached hydrogen (secondary N) is 1. The second-order valence-corrected chi connectivity index (χ2v) is 5.75. The van der Waals surface area contributed by atoms with Gasteiger partial charge in [0.05, 0.1) is 26.3 Å². The predicted molar refractivity (Wildman–Crippen MR) is 87.6 cm³/mol. The summed E-state index contributed by atoms with van der Waals surface area (Å²) in [6.07, 6.45) is 0. The predicted octanol–water partition coefficient (Wildman–Crippen LogP) is 4.03. The van der Waals surface area contributed by atoms with Crippen LogP contribution in [0, 0.1) is 0 Å². The Bertz CT molecular complexity index is 862. The number of rotatable bonds is 3. The van der Waals surface area contributed by atoms with Crippen molar-refractivity contribution < 1.29 is 4.79 Å². The molecule has 112 valence electrons. The number of carbonyl (C=O) groups is 1. The van der Waals surface area contributed by atoms with Gasteiger partial charge >= 0.3 is 0 Å². The third kappa shape index (κ3) is 3.02. The van der Waals surface area contributed by atoms with Gasteiger partial charge in [-0.05, 0) is 24.3 Å². The lowest BCUT2D eigenvalue weighted by Gasteiger charge is -2.09. The molecule has 3 aromatic rings. The zero-order chi connectivity index (χ0) is 15.7. The average Bonchev–Trinajstić information content (AvgIpc) is 2.88. The minimum absolute atomic E-state index is 0.0110. The van der Waals surface area contributed by atoms with Gasteiger partial charge in [0.1, 0.15) is 12.1 Å². The molecule has 1 N–H and O–H groups in total. The Labute approximate surface area is 140 Å². The first-order chi connectivity index (χ1) is 10.5. The molecule has 0 bridgehead atoms. The molecule has 0 radical (unpaired) electrons. The summed E-state index contributed by atoms with van der Waals surface area (Å²) < 4.78 is 1.51. The van der Waals surface area contributed by atoms with Crippen LogP contribution in [0.3, 0.4) is 0 Å². The van der Waals surface area contributed by atoms with E-state index in [1.165, 1.54) is 16.8 Å². The molecule has 1 heterocycles. The minimum atomic E-state index is -0.295. The van der Waals surface area contributed by atoms with Gasteiger partial charge in [-0.3, -0.25) is 4.79 Å².